The maximum absolute atomic E-state index is 12.7. The Kier molecular flexibility index (Phi) is 5.79. The highest BCUT2D eigenvalue weighted by atomic mass is 16.5. The van der Waals surface area contributed by atoms with Crippen LogP contribution in [0.3, 0.4) is 0 Å². The summed E-state index contributed by atoms with van der Waals surface area (Å²) < 4.78 is 16.1. The lowest BCUT2D eigenvalue weighted by atomic mass is 10.0. The van der Waals surface area contributed by atoms with Crippen LogP contribution in [0.25, 0.3) is 0 Å². The summed E-state index contributed by atoms with van der Waals surface area (Å²) in [4.78, 5) is 25.1. The van der Waals surface area contributed by atoms with Crippen molar-refractivity contribution in [3.63, 3.8) is 0 Å². The number of carbonyl (C=O) groups is 2. The Morgan fingerprint density at radius 2 is 1.74 bits per heavy atom. The molecule has 0 unspecified atom stereocenters. The van der Waals surface area contributed by atoms with Gasteiger partial charge in [-0.25, -0.2) is 4.79 Å². The third-order valence-corrected chi connectivity index (χ3v) is 4.74. The van der Waals surface area contributed by atoms with Gasteiger partial charge >= 0.3 is 5.97 Å². The third kappa shape index (κ3) is 4.13. The summed E-state index contributed by atoms with van der Waals surface area (Å²) in [7, 11) is 1.51. The summed E-state index contributed by atoms with van der Waals surface area (Å²) in [6, 6.07) is 10.6. The smallest absolute Gasteiger partial charge is 0.338 e. The molecule has 0 aromatic heterocycles. The van der Waals surface area contributed by atoms with Crippen molar-refractivity contribution in [3.05, 3.63) is 58.7 Å². The minimum Gasteiger partial charge on any atom is -0.493 e. The zero-order valence-electron chi connectivity index (χ0n) is 15.9. The molecule has 0 amide bonds. The molecule has 0 fully saturated rings. The molecule has 5 heteroatoms. The van der Waals surface area contributed by atoms with E-state index >= 15 is 0 Å². The van der Waals surface area contributed by atoms with Crippen LogP contribution >= 0.6 is 0 Å². The Balaban J connectivity index is 1.70. The molecule has 1 aliphatic rings. The van der Waals surface area contributed by atoms with E-state index in [2.05, 4.69) is 0 Å². The fourth-order valence-electron chi connectivity index (χ4n) is 3.31. The highest BCUT2D eigenvalue weighted by Gasteiger charge is 2.23. The van der Waals surface area contributed by atoms with Crippen molar-refractivity contribution in [2.24, 2.45) is 0 Å². The molecule has 0 spiro atoms. The molecule has 5 nitrogen and oxygen atoms in total. The van der Waals surface area contributed by atoms with E-state index in [1.807, 2.05) is 25.1 Å². The second-order valence-corrected chi connectivity index (χ2v) is 6.55. The number of hydrogen-bond donors (Lipinski definition) is 0. The van der Waals surface area contributed by atoms with Crippen molar-refractivity contribution < 1.29 is 23.8 Å². The lowest BCUT2D eigenvalue weighted by molar-refractivity contribution is 0.0318. The van der Waals surface area contributed by atoms with Gasteiger partial charge in [0.05, 0.1) is 19.3 Å². The van der Waals surface area contributed by atoms with Crippen molar-refractivity contribution in [1.29, 1.82) is 0 Å². The molecular formula is C22H24O5. The molecule has 2 aromatic rings. The molecule has 0 radical (unpaired) electrons. The van der Waals surface area contributed by atoms with Crippen LogP contribution in [-0.2, 0) is 17.6 Å². The van der Waals surface area contributed by atoms with Crippen molar-refractivity contribution in [3.8, 4) is 11.5 Å². The number of carbonyl (C=O) groups excluding carboxylic acids is 2. The van der Waals surface area contributed by atoms with Crippen molar-refractivity contribution in [1.82, 2.24) is 0 Å². The molecule has 0 saturated carbocycles. The minimum atomic E-state index is -0.866. The maximum atomic E-state index is 12.7. The van der Waals surface area contributed by atoms with Crippen LogP contribution in [0.4, 0.5) is 0 Å². The monoisotopic (exact) mass is 368 g/mol. The van der Waals surface area contributed by atoms with E-state index in [0.29, 0.717) is 29.2 Å². The summed E-state index contributed by atoms with van der Waals surface area (Å²) >= 11 is 0. The number of methoxy groups -OCH3 is 1. The lowest BCUT2D eigenvalue weighted by Crippen LogP contribution is -2.24. The second kappa shape index (κ2) is 8.25. The van der Waals surface area contributed by atoms with Gasteiger partial charge in [-0.05, 0) is 68.5 Å². The van der Waals surface area contributed by atoms with Gasteiger partial charge in [-0.2, -0.15) is 0 Å². The predicted octanol–water partition coefficient (Wildman–Crippen LogP) is 4.01. The van der Waals surface area contributed by atoms with Gasteiger partial charge in [0.1, 0.15) is 0 Å². The highest BCUT2D eigenvalue weighted by molar-refractivity contribution is 6.01. The van der Waals surface area contributed by atoms with Crippen LogP contribution < -0.4 is 9.47 Å². The SMILES string of the molecule is CCOc1ccc(C(=O)O[C@@H](C)C(=O)c2ccc3c(c2)CCC3)cc1OC. The van der Waals surface area contributed by atoms with Crippen molar-refractivity contribution in [2.75, 3.05) is 13.7 Å². The van der Waals surface area contributed by atoms with Gasteiger partial charge < -0.3 is 14.2 Å². The first kappa shape index (κ1) is 19.0. The molecule has 142 valence electrons. The number of Topliss-reactive ketones (excluding diaryl/α,β-unsaturated/α-hetero) is 1. The van der Waals surface area contributed by atoms with Crippen LogP contribution in [0, 0.1) is 0 Å². The molecule has 0 saturated heterocycles. The molecule has 0 heterocycles. The van der Waals surface area contributed by atoms with Gasteiger partial charge in [0.15, 0.2) is 17.6 Å². The molecule has 0 N–H and O–H groups in total. The van der Waals surface area contributed by atoms with Crippen LogP contribution in [0.2, 0.25) is 0 Å². The standard InChI is InChI=1S/C22H24O5/c1-4-26-19-11-10-18(13-20(19)25-3)22(24)27-14(2)21(23)17-9-8-15-6-5-7-16(15)12-17/h8-14H,4-7H2,1-3H3/t14-/m0/s1. The average Bonchev–Trinajstić information content (AvgIpc) is 3.15. The Morgan fingerprint density at radius 3 is 2.48 bits per heavy atom. The number of ketones is 1. The fourth-order valence-corrected chi connectivity index (χ4v) is 3.31. The topological polar surface area (TPSA) is 61.8 Å². The molecule has 1 aliphatic carbocycles. The van der Waals surface area contributed by atoms with Gasteiger partial charge in [0.2, 0.25) is 5.78 Å². The summed E-state index contributed by atoms with van der Waals surface area (Å²) in [5.74, 6) is 0.233. The molecule has 0 bridgehead atoms. The van der Waals surface area contributed by atoms with Crippen LogP contribution in [0.15, 0.2) is 36.4 Å². The van der Waals surface area contributed by atoms with E-state index in [-0.39, 0.29) is 5.78 Å². The predicted molar refractivity (Wildman–Crippen MR) is 102 cm³/mol. The molecule has 1 atom stereocenters. The quantitative estimate of drug-likeness (QED) is 0.546. The van der Waals surface area contributed by atoms with Crippen molar-refractivity contribution >= 4 is 11.8 Å². The minimum absolute atomic E-state index is 0.198. The van der Waals surface area contributed by atoms with Gasteiger partial charge in [0.25, 0.3) is 0 Å². The zero-order valence-corrected chi connectivity index (χ0v) is 15.9. The highest BCUT2D eigenvalue weighted by Crippen LogP contribution is 2.29. The van der Waals surface area contributed by atoms with Gasteiger partial charge in [-0.3, -0.25) is 4.79 Å². The number of hydrogen-bond acceptors (Lipinski definition) is 5. The van der Waals surface area contributed by atoms with Crippen LogP contribution in [-0.4, -0.2) is 31.6 Å². The van der Waals surface area contributed by atoms with Crippen molar-refractivity contribution in [2.45, 2.75) is 39.2 Å². The molecule has 2 aromatic carbocycles. The molecule has 27 heavy (non-hydrogen) atoms. The number of esters is 1. The second-order valence-electron chi connectivity index (χ2n) is 6.55. The maximum Gasteiger partial charge on any atom is 0.338 e. The fraction of sp³-hybridized carbons (Fsp3) is 0.364. The summed E-state index contributed by atoms with van der Waals surface area (Å²) in [5.41, 5.74) is 3.41. The van der Waals surface area contributed by atoms with E-state index in [1.54, 1.807) is 25.1 Å². The van der Waals surface area contributed by atoms with Gasteiger partial charge in [-0.1, -0.05) is 12.1 Å². The van der Waals surface area contributed by atoms with E-state index in [0.717, 1.165) is 19.3 Å². The molecule has 0 aliphatic heterocycles. The number of benzene rings is 2. The van der Waals surface area contributed by atoms with E-state index < -0.39 is 12.1 Å². The largest absolute Gasteiger partial charge is 0.493 e. The Labute approximate surface area is 159 Å². The van der Waals surface area contributed by atoms with E-state index in [1.165, 1.54) is 18.2 Å². The zero-order chi connectivity index (χ0) is 19.4. The summed E-state index contributed by atoms with van der Waals surface area (Å²) in [5, 5.41) is 0. The average molecular weight is 368 g/mol. The first-order chi connectivity index (χ1) is 13.0. The first-order valence-electron chi connectivity index (χ1n) is 9.21. The van der Waals surface area contributed by atoms with Crippen LogP contribution in [0.5, 0.6) is 11.5 Å². The Hall–Kier alpha value is -2.82. The normalized spacial score (nSPS) is 13.6. The van der Waals surface area contributed by atoms with Crippen LogP contribution in [0.1, 0.15) is 52.1 Å². The Morgan fingerprint density at radius 1 is 1.00 bits per heavy atom. The van der Waals surface area contributed by atoms with Gasteiger partial charge in [-0.15, -0.1) is 0 Å². The molecule has 3 rings (SSSR count). The third-order valence-electron chi connectivity index (χ3n) is 4.74. The lowest BCUT2D eigenvalue weighted by Gasteiger charge is -2.14. The first-order valence-corrected chi connectivity index (χ1v) is 9.21. The van der Waals surface area contributed by atoms with Gasteiger partial charge in [0, 0.05) is 5.56 Å². The molecular weight excluding hydrogens is 344 g/mol. The number of ether oxygens (including phenoxy) is 3. The number of fused-ring (bicyclic) bond motifs is 1. The summed E-state index contributed by atoms with van der Waals surface area (Å²) in [6.45, 7) is 3.96. The Bertz CT molecular complexity index is 856. The number of aryl methyl sites for hydroxylation is 2. The van der Waals surface area contributed by atoms with E-state index in [9.17, 15) is 9.59 Å². The summed E-state index contributed by atoms with van der Waals surface area (Å²) in [6.07, 6.45) is 2.32. The number of rotatable bonds is 7. The van der Waals surface area contributed by atoms with E-state index in [4.69, 9.17) is 14.2 Å².